The zero-order chi connectivity index (χ0) is 14.2. The summed E-state index contributed by atoms with van der Waals surface area (Å²) in [4.78, 5) is 19.3. The molecule has 1 saturated carbocycles. The molecule has 0 aliphatic heterocycles. The minimum absolute atomic E-state index is 0.0343. The Bertz CT molecular complexity index is 633. The maximum absolute atomic E-state index is 10.6. The number of nitro groups is 1. The van der Waals surface area contributed by atoms with E-state index in [2.05, 4.69) is 9.97 Å². The molecule has 1 aliphatic carbocycles. The SMILES string of the molecule is O=[N+]([O-])c1ccc(-c2cnc(C3(O)CCCC3)s2)nc1. The molecule has 1 N–H and O–H groups in total. The summed E-state index contributed by atoms with van der Waals surface area (Å²) in [5, 5.41) is 21.8. The highest BCUT2D eigenvalue weighted by molar-refractivity contribution is 7.15. The van der Waals surface area contributed by atoms with Crippen LogP contribution in [0.1, 0.15) is 30.7 Å². The van der Waals surface area contributed by atoms with E-state index >= 15 is 0 Å². The van der Waals surface area contributed by atoms with E-state index in [1.54, 1.807) is 12.3 Å². The maximum atomic E-state index is 10.6. The van der Waals surface area contributed by atoms with E-state index < -0.39 is 10.5 Å². The van der Waals surface area contributed by atoms with Crippen molar-refractivity contribution in [1.82, 2.24) is 9.97 Å². The molecule has 0 bridgehead atoms. The first kappa shape index (κ1) is 13.1. The number of hydrogen-bond acceptors (Lipinski definition) is 6. The van der Waals surface area contributed by atoms with Crippen LogP contribution in [0, 0.1) is 10.1 Å². The Kier molecular flexibility index (Phi) is 3.23. The summed E-state index contributed by atoms with van der Waals surface area (Å²) < 4.78 is 0. The summed E-state index contributed by atoms with van der Waals surface area (Å²) >= 11 is 1.40. The first-order chi connectivity index (χ1) is 9.58. The van der Waals surface area contributed by atoms with E-state index in [0.717, 1.165) is 30.6 Å². The molecule has 1 aliphatic rings. The lowest BCUT2D eigenvalue weighted by atomic mass is 10.0. The molecule has 0 unspecified atom stereocenters. The van der Waals surface area contributed by atoms with Crippen molar-refractivity contribution in [2.24, 2.45) is 0 Å². The van der Waals surface area contributed by atoms with E-state index in [4.69, 9.17) is 0 Å². The fourth-order valence-electron chi connectivity index (χ4n) is 2.42. The van der Waals surface area contributed by atoms with Gasteiger partial charge in [-0.1, -0.05) is 12.8 Å². The lowest BCUT2D eigenvalue weighted by molar-refractivity contribution is -0.385. The predicted molar refractivity (Wildman–Crippen MR) is 74.4 cm³/mol. The Morgan fingerprint density at radius 1 is 1.25 bits per heavy atom. The highest BCUT2D eigenvalue weighted by atomic mass is 32.1. The number of nitrogens with zero attached hydrogens (tertiary/aromatic N) is 3. The second kappa shape index (κ2) is 4.92. The van der Waals surface area contributed by atoms with E-state index in [9.17, 15) is 15.2 Å². The molecule has 1 fully saturated rings. The van der Waals surface area contributed by atoms with Crippen molar-refractivity contribution in [3.63, 3.8) is 0 Å². The zero-order valence-electron chi connectivity index (χ0n) is 10.7. The van der Waals surface area contributed by atoms with Crippen LogP contribution in [0.25, 0.3) is 10.6 Å². The van der Waals surface area contributed by atoms with Gasteiger partial charge in [0, 0.05) is 12.3 Å². The second-order valence-corrected chi connectivity index (χ2v) is 5.96. The summed E-state index contributed by atoms with van der Waals surface area (Å²) in [5.74, 6) is 0. The minimum atomic E-state index is -0.802. The van der Waals surface area contributed by atoms with Crippen molar-refractivity contribution in [3.05, 3.63) is 39.6 Å². The molecule has 6 nitrogen and oxygen atoms in total. The molecule has 0 atom stereocenters. The van der Waals surface area contributed by atoms with Crippen LogP contribution in [0.3, 0.4) is 0 Å². The molecule has 20 heavy (non-hydrogen) atoms. The standard InChI is InChI=1S/C13H13N3O3S/c17-13(5-1-2-6-13)12-15-8-11(20-12)10-4-3-9(7-14-10)16(18)19/h3-4,7-8,17H,1-2,5-6H2. The van der Waals surface area contributed by atoms with Crippen LogP contribution in [0.2, 0.25) is 0 Å². The van der Waals surface area contributed by atoms with Gasteiger partial charge >= 0.3 is 0 Å². The number of pyridine rings is 1. The summed E-state index contributed by atoms with van der Waals surface area (Å²) in [5.41, 5.74) is -0.196. The average molecular weight is 291 g/mol. The molecule has 0 aromatic carbocycles. The zero-order valence-corrected chi connectivity index (χ0v) is 11.5. The van der Waals surface area contributed by atoms with Crippen molar-refractivity contribution in [3.8, 4) is 10.6 Å². The molecular formula is C13H13N3O3S. The van der Waals surface area contributed by atoms with Crippen LogP contribution in [-0.2, 0) is 5.60 Å². The predicted octanol–water partition coefficient (Wildman–Crippen LogP) is 2.87. The smallest absolute Gasteiger partial charge is 0.287 e. The fraction of sp³-hybridized carbons (Fsp3) is 0.385. The van der Waals surface area contributed by atoms with Crippen molar-refractivity contribution in [1.29, 1.82) is 0 Å². The molecule has 104 valence electrons. The van der Waals surface area contributed by atoms with Gasteiger partial charge in [-0.3, -0.25) is 10.1 Å². The molecule has 2 aromatic heterocycles. The first-order valence-corrected chi connectivity index (χ1v) is 7.20. The maximum Gasteiger partial charge on any atom is 0.287 e. The minimum Gasteiger partial charge on any atom is -0.383 e. The molecule has 3 rings (SSSR count). The van der Waals surface area contributed by atoms with Gasteiger partial charge < -0.3 is 5.11 Å². The van der Waals surface area contributed by atoms with E-state index in [0.29, 0.717) is 10.7 Å². The Morgan fingerprint density at radius 2 is 2.00 bits per heavy atom. The number of aliphatic hydroxyl groups is 1. The van der Waals surface area contributed by atoms with Crippen molar-refractivity contribution < 1.29 is 10.0 Å². The summed E-state index contributed by atoms with van der Waals surface area (Å²) in [6.45, 7) is 0. The van der Waals surface area contributed by atoms with Crippen LogP contribution < -0.4 is 0 Å². The van der Waals surface area contributed by atoms with Gasteiger partial charge in [0.25, 0.3) is 5.69 Å². The second-order valence-electron chi connectivity index (χ2n) is 4.93. The van der Waals surface area contributed by atoms with Crippen molar-refractivity contribution >= 4 is 17.0 Å². The van der Waals surface area contributed by atoms with Gasteiger partial charge in [-0.15, -0.1) is 11.3 Å². The van der Waals surface area contributed by atoms with Gasteiger partial charge in [0.05, 0.1) is 15.5 Å². The summed E-state index contributed by atoms with van der Waals surface area (Å²) in [7, 11) is 0. The molecule has 0 amide bonds. The topological polar surface area (TPSA) is 89.2 Å². The average Bonchev–Trinajstić information content (AvgIpc) is 3.08. The van der Waals surface area contributed by atoms with Crippen LogP contribution in [0.5, 0.6) is 0 Å². The lowest BCUT2D eigenvalue weighted by Gasteiger charge is -2.18. The molecule has 2 heterocycles. The first-order valence-electron chi connectivity index (χ1n) is 6.38. The van der Waals surface area contributed by atoms with Gasteiger partial charge in [-0.2, -0.15) is 0 Å². The summed E-state index contributed by atoms with van der Waals surface area (Å²) in [6, 6.07) is 3.03. The van der Waals surface area contributed by atoms with E-state index in [1.165, 1.54) is 23.6 Å². The van der Waals surface area contributed by atoms with Crippen LogP contribution >= 0.6 is 11.3 Å². The quantitative estimate of drug-likeness (QED) is 0.693. The lowest BCUT2D eigenvalue weighted by Crippen LogP contribution is -2.20. The van der Waals surface area contributed by atoms with Gasteiger partial charge in [-0.25, -0.2) is 9.97 Å². The molecule has 0 saturated heterocycles. The van der Waals surface area contributed by atoms with Gasteiger partial charge in [0.1, 0.15) is 16.8 Å². The summed E-state index contributed by atoms with van der Waals surface area (Å²) in [6.07, 6.45) is 6.42. The Morgan fingerprint density at radius 3 is 2.60 bits per heavy atom. The van der Waals surface area contributed by atoms with Gasteiger partial charge in [0.15, 0.2) is 0 Å². The van der Waals surface area contributed by atoms with Crippen LogP contribution in [0.4, 0.5) is 5.69 Å². The highest BCUT2D eigenvalue weighted by Crippen LogP contribution is 2.41. The number of rotatable bonds is 3. The number of aromatic nitrogens is 2. The monoisotopic (exact) mass is 291 g/mol. The van der Waals surface area contributed by atoms with Crippen LogP contribution in [-0.4, -0.2) is 20.0 Å². The third-order valence-corrected chi connectivity index (χ3v) is 4.76. The highest BCUT2D eigenvalue weighted by Gasteiger charge is 2.35. The Labute approximate surface area is 119 Å². The largest absolute Gasteiger partial charge is 0.383 e. The number of thiazole rings is 1. The number of hydrogen-bond donors (Lipinski definition) is 1. The molecule has 2 aromatic rings. The van der Waals surface area contributed by atoms with Gasteiger partial charge in [-0.05, 0) is 18.9 Å². The third-order valence-electron chi connectivity index (χ3n) is 3.55. The van der Waals surface area contributed by atoms with Gasteiger partial charge in [0.2, 0.25) is 0 Å². The molecule has 0 spiro atoms. The van der Waals surface area contributed by atoms with E-state index in [-0.39, 0.29) is 5.69 Å². The van der Waals surface area contributed by atoms with Crippen molar-refractivity contribution in [2.45, 2.75) is 31.3 Å². The normalized spacial score (nSPS) is 17.2. The van der Waals surface area contributed by atoms with Crippen molar-refractivity contribution in [2.75, 3.05) is 0 Å². The molecule has 7 heteroatoms. The third kappa shape index (κ3) is 2.30. The van der Waals surface area contributed by atoms with Crippen LogP contribution in [0.15, 0.2) is 24.5 Å². The molecular weight excluding hydrogens is 278 g/mol. The fourth-order valence-corrected chi connectivity index (χ4v) is 3.46. The Balaban J connectivity index is 1.88. The molecule has 0 radical (unpaired) electrons. The van der Waals surface area contributed by atoms with E-state index in [1.807, 2.05) is 0 Å². The Hall–Kier alpha value is -1.86.